The van der Waals surface area contributed by atoms with Crippen molar-refractivity contribution < 1.29 is 0 Å². The maximum Gasteiger partial charge on any atom is 0.0695 e. The Kier molecular flexibility index (Phi) is 16.1. The fourth-order valence-electron chi connectivity index (χ4n) is 22.6. The summed E-state index contributed by atoms with van der Waals surface area (Å²) in [7, 11) is -3.70. The Morgan fingerprint density at radius 3 is 0.716 bits per heavy atom. The summed E-state index contributed by atoms with van der Waals surface area (Å²) in [6.07, 6.45) is 24.3. The smallest absolute Gasteiger partial charge is 0.0645 e. The van der Waals surface area contributed by atoms with Gasteiger partial charge in [-0.1, -0.05) is 236 Å². The van der Waals surface area contributed by atoms with Crippen LogP contribution in [-0.4, -0.2) is 15.8 Å². The summed E-state index contributed by atoms with van der Waals surface area (Å²) in [5, 5.41) is 7.34. The summed E-state index contributed by atoms with van der Waals surface area (Å²) in [6, 6.07) is 42.2. The van der Waals surface area contributed by atoms with Crippen LogP contribution in [0.25, 0.3) is 22.3 Å². The molecule has 468 valence electrons. The molecule has 12 rings (SSSR count). The summed E-state index contributed by atoms with van der Waals surface area (Å²) in [4.78, 5) is 0. The molecule has 6 aliphatic carbocycles. The second-order valence-corrected chi connectivity index (χ2v) is 38.1. The van der Waals surface area contributed by atoms with Crippen molar-refractivity contribution in [3.63, 3.8) is 0 Å². The van der Waals surface area contributed by atoms with Gasteiger partial charge in [0.15, 0.2) is 0 Å². The van der Waals surface area contributed by atoms with Gasteiger partial charge in [0.1, 0.15) is 0 Å². The van der Waals surface area contributed by atoms with Crippen LogP contribution in [0.15, 0.2) is 97.1 Å². The Hall–Kier alpha value is -4.25. The summed E-state index contributed by atoms with van der Waals surface area (Å²) in [6.45, 7) is 52.3. The summed E-state index contributed by atoms with van der Waals surface area (Å²) < 4.78 is 0. The minimum atomic E-state index is -1.85. The van der Waals surface area contributed by atoms with E-state index in [1.165, 1.54) is 162 Å². The highest BCUT2D eigenvalue weighted by atomic mass is 28.9. The first-order chi connectivity index (χ1) is 42.1. The normalized spacial score (nSPS) is 21.2. The van der Waals surface area contributed by atoms with Crippen molar-refractivity contribution in [1.29, 1.82) is 0 Å². The lowest BCUT2D eigenvalue weighted by Crippen LogP contribution is -2.58. The number of fused-ring (bicyclic) bond motifs is 10. The highest BCUT2D eigenvalue weighted by molar-refractivity contribution is 7.19. The maximum absolute atomic E-state index is 3.03. The van der Waals surface area contributed by atoms with Gasteiger partial charge < -0.3 is 0 Å². The summed E-state index contributed by atoms with van der Waals surface area (Å²) in [5.41, 5.74) is 27.3. The second kappa shape index (κ2) is 22.2. The predicted octanol–water partition coefficient (Wildman–Crippen LogP) is 21.4. The van der Waals surface area contributed by atoms with E-state index in [9.17, 15) is 0 Å². The Balaban J connectivity index is 1.47. The molecule has 2 heteroatoms. The first-order valence-corrected chi connectivity index (χ1v) is 40.8. The van der Waals surface area contributed by atoms with Gasteiger partial charge in [-0.05, 0) is 281 Å². The molecule has 0 heterocycles. The van der Waals surface area contributed by atoms with Crippen molar-refractivity contribution in [1.82, 2.24) is 0 Å². The third kappa shape index (κ3) is 8.15. The number of benzene rings is 6. The van der Waals surface area contributed by atoms with Crippen molar-refractivity contribution in [3.8, 4) is 22.3 Å². The Bertz CT molecular complexity index is 3370. The van der Waals surface area contributed by atoms with E-state index in [2.05, 4.69) is 236 Å². The Morgan fingerprint density at radius 1 is 0.250 bits per heavy atom. The van der Waals surface area contributed by atoms with Gasteiger partial charge in [-0.3, -0.25) is 0 Å². The zero-order valence-corrected chi connectivity index (χ0v) is 61.4. The van der Waals surface area contributed by atoms with E-state index in [1.54, 1.807) is 43.8 Å². The van der Waals surface area contributed by atoms with E-state index in [-0.39, 0.29) is 54.1 Å². The fourth-order valence-corrected chi connectivity index (χ4v) is 33.5. The van der Waals surface area contributed by atoms with E-state index in [1.807, 2.05) is 32.6 Å². The monoisotopic (exact) mass is 1200 g/mol. The highest BCUT2D eigenvalue weighted by Crippen LogP contribution is 2.65. The minimum Gasteiger partial charge on any atom is -0.0645 e. The molecule has 0 amide bonds. The largest absolute Gasteiger partial charge is 0.0695 e. The molecule has 0 spiro atoms. The molecule has 0 radical (unpaired) electrons. The molecule has 0 aliphatic heterocycles. The number of hydrogen-bond donors (Lipinski definition) is 0. The Morgan fingerprint density at radius 2 is 0.477 bits per heavy atom. The van der Waals surface area contributed by atoms with Crippen LogP contribution in [0, 0.1) is 0 Å². The lowest BCUT2D eigenvalue weighted by molar-refractivity contribution is 0.278. The molecule has 0 nitrogen and oxygen atoms in total. The molecule has 0 unspecified atom stereocenters. The fraction of sp³-hybridized carbons (Fsp3) is 0.581. The number of rotatable bonds is 20. The maximum atomic E-state index is 3.03. The average Bonchev–Trinajstić information content (AvgIpc) is 1.50. The van der Waals surface area contributed by atoms with Crippen LogP contribution in [0.3, 0.4) is 0 Å². The van der Waals surface area contributed by atoms with Gasteiger partial charge in [0.05, 0.1) is 15.8 Å². The molecule has 0 aromatic heterocycles. The molecule has 0 atom stereocenters. The molecule has 6 aromatic rings. The van der Waals surface area contributed by atoms with E-state index in [0.717, 1.165) is 0 Å². The van der Waals surface area contributed by atoms with Crippen LogP contribution in [0.2, 0.25) is 0 Å². The molecule has 0 fully saturated rings. The van der Waals surface area contributed by atoms with Gasteiger partial charge in [0.25, 0.3) is 0 Å². The molecule has 0 saturated heterocycles. The SMILES string of the molecule is CCC1(CC)CC(CC)(CC)c2c1cc1c(c2/[Si](c2ccc3c(c2)C(C)(C)c2ccccc2-3)=[Si](\c2ccc3c(c2)C(C)(C)c2ccccc2-3)c2c3c(cc4c2C(CC)(CC)CC4(CC)CC)C(CC)(CC)CC3(CC)CC)C(CC)(CC)CC1(CC)CC. The van der Waals surface area contributed by atoms with Gasteiger partial charge in [-0.2, -0.15) is 0 Å². The lowest BCUT2D eigenvalue weighted by atomic mass is 9.70. The lowest BCUT2D eigenvalue weighted by Gasteiger charge is -2.39. The molecule has 0 N–H and O–H groups in total. The van der Waals surface area contributed by atoms with Gasteiger partial charge in [0.2, 0.25) is 0 Å². The molecular weight excluding hydrogens is 1090 g/mol. The van der Waals surface area contributed by atoms with E-state index in [4.69, 9.17) is 0 Å². The van der Waals surface area contributed by atoms with E-state index in [0.29, 0.717) is 0 Å². The van der Waals surface area contributed by atoms with Crippen molar-refractivity contribution in [2.45, 2.75) is 321 Å². The molecule has 88 heavy (non-hydrogen) atoms. The predicted molar refractivity (Wildman–Crippen MR) is 387 cm³/mol. The van der Waals surface area contributed by atoms with Crippen molar-refractivity contribution in [3.05, 3.63) is 164 Å². The zero-order valence-electron chi connectivity index (χ0n) is 59.4. The van der Waals surface area contributed by atoms with Crippen LogP contribution in [0.5, 0.6) is 0 Å². The Labute approximate surface area is 540 Å². The topological polar surface area (TPSA) is 0 Å². The second-order valence-electron chi connectivity index (χ2n) is 31.4. The number of hydrogen-bond acceptors (Lipinski definition) is 0. The molecular formula is C86H116Si2. The van der Waals surface area contributed by atoms with E-state index < -0.39 is 15.8 Å². The molecule has 0 bridgehead atoms. The standard InChI is InChI=1S/C86H116Si2/c1-21-79(22-2)53-83(29-9,30-10)71-67(79)51-68-72(84(31-11,32-12)54-80(68,23-3)24-4)75(71)87(57-45-47-61-59-41-37-39-43-63(59)77(17,18)65(61)49-57)88(58-46-48-62-60-42-38-40-44-64(60)78(19,20)66(62)50-58)76-73-69(81(25-5,26-6)55-85(73,33-13)34-14)52-70-74(76)86(35-15,36-16)56-82(70,27-7)28-8/h37-52H,21-36,53-56H2,1-20H3/b88-87+. The van der Waals surface area contributed by atoms with Crippen LogP contribution >= 0.6 is 0 Å². The van der Waals surface area contributed by atoms with Gasteiger partial charge >= 0.3 is 0 Å². The molecule has 0 saturated carbocycles. The third-order valence-corrected chi connectivity index (χ3v) is 38.1. The van der Waals surface area contributed by atoms with Gasteiger partial charge in [0, 0.05) is 10.8 Å². The van der Waals surface area contributed by atoms with Crippen LogP contribution in [-0.2, 0) is 54.1 Å². The van der Waals surface area contributed by atoms with Crippen molar-refractivity contribution in [2.24, 2.45) is 0 Å². The van der Waals surface area contributed by atoms with Gasteiger partial charge in [-0.15, -0.1) is 0 Å². The van der Waals surface area contributed by atoms with Crippen LogP contribution in [0.1, 0.15) is 334 Å². The summed E-state index contributed by atoms with van der Waals surface area (Å²) >= 11 is 0. The average molecular weight is 1210 g/mol. The zero-order chi connectivity index (χ0) is 63.2. The highest BCUT2D eigenvalue weighted by Gasteiger charge is 2.60. The summed E-state index contributed by atoms with van der Waals surface area (Å²) in [5.74, 6) is 0. The van der Waals surface area contributed by atoms with Crippen LogP contribution in [0.4, 0.5) is 0 Å². The van der Waals surface area contributed by atoms with Gasteiger partial charge in [-0.25, -0.2) is 0 Å². The van der Waals surface area contributed by atoms with Crippen molar-refractivity contribution >= 4 is 36.5 Å². The molecule has 6 aliphatic rings. The van der Waals surface area contributed by atoms with Crippen molar-refractivity contribution in [2.75, 3.05) is 0 Å². The first kappa shape index (κ1) is 63.9. The van der Waals surface area contributed by atoms with E-state index >= 15 is 0 Å². The molecule has 6 aromatic carbocycles. The minimum absolute atomic E-state index is 0.0756. The van der Waals surface area contributed by atoms with Crippen LogP contribution < -0.4 is 20.7 Å². The quantitative estimate of drug-likeness (QED) is 0.0669. The first-order valence-electron chi connectivity index (χ1n) is 36.8. The third-order valence-electron chi connectivity index (χ3n) is 29.1.